The van der Waals surface area contributed by atoms with Crippen LogP contribution in [0, 0.1) is 5.92 Å². The lowest BCUT2D eigenvalue weighted by Gasteiger charge is -2.39. The van der Waals surface area contributed by atoms with Crippen LogP contribution in [-0.2, 0) is 24.2 Å². The lowest BCUT2D eigenvalue weighted by atomic mass is 9.92. The van der Waals surface area contributed by atoms with Gasteiger partial charge in [-0.05, 0) is 37.8 Å². The molecule has 2 saturated heterocycles. The van der Waals surface area contributed by atoms with E-state index in [9.17, 15) is 23.1 Å². The summed E-state index contributed by atoms with van der Waals surface area (Å²) in [5.41, 5.74) is 0. The molecule has 0 spiro atoms. The summed E-state index contributed by atoms with van der Waals surface area (Å²) in [7, 11) is -4.23. The Bertz CT molecular complexity index is 838. The third-order valence-electron chi connectivity index (χ3n) is 6.29. The van der Waals surface area contributed by atoms with Gasteiger partial charge in [0.05, 0.1) is 36.1 Å². The molecule has 1 aromatic carbocycles. The summed E-state index contributed by atoms with van der Waals surface area (Å²) < 4.78 is 30.2. The minimum absolute atomic E-state index is 0.0444. The largest absolute Gasteiger partial charge is 0.480 e. The maximum atomic E-state index is 13.4. The molecular weight excluding hydrogens is 370 g/mol. The number of ether oxygens (including phenoxy) is 1. The fourth-order valence-electron chi connectivity index (χ4n) is 4.97. The van der Waals surface area contributed by atoms with Gasteiger partial charge in [0.2, 0.25) is 5.91 Å². The smallest absolute Gasteiger partial charge is 0.326 e. The van der Waals surface area contributed by atoms with Crippen molar-refractivity contribution in [1.82, 2.24) is 4.90 Å². The molecule has 7 nitrogen and oxygen atoms in total. The highest BCUT2D eigenvalue weighted by atomic mass is 32.2. The predicted octanol–water partition coefficient (Wildman–Crippen LogP) is 1.47. The van der Waals surface area contributed by atoms with Gasteiger partial charge in [0.25, 0.3) is 0 Å². The second-order valence-corrected chi connectivity index (χ2v) is 9.83. The molecule has 1 aromatic rings. The molecule has 1 saturated carbocycles. The van der Waals surface area contributed by atoms with Crippen LogP contribution in [0.5, 0.6) is 0 Å². The first-order chi connectivity index (χ1) is 12.9. The zero-order valence-corrected chi connectivity index (χ0v) is 15.7. The molecule has 1 N–H and O–H groups in total. The molecular formula is C19H23NO6S. The summed E-state index contributed by atoms with van der Waals surface area (Å²) in [5.74, 6) is -2.84. The highest BCUT2D eigenvalue weighted by Crippen LogP contribution is 2.47. The van der Waals surface area contributed by atoms with E-state index < -0.39 is 26.5 Å². The van der Waals surface area contributed by atoms with Crippen molar-refractivity contribution in [2.45, 2.75) is 53.8 Å². The van der Waals surface area contributed by atoms with E-state index in [0.29, 0.717) is 19.6 Å². The van der Waals surface area contributed by atoms with Gasteiger partial charge in [-0.3, -0.25) is 9.59 Å². The Morgan fingerprint density at radius 2 is 1.70 bits per heavy atom. The number of carboxylic acids is 1. The van der Waals surface area contributed by atoms with E-state index in [-0.39, 0.29) is 35.7 Å². The average molecular weight is 393 g/mol. The molecule has 1 aliphatic carbocycles. The quantitative estimate of drug-likeness (QED) is 0.831. The minimum Gasteiger partial charge on any atom is -0.480 e. The van der Waals surface area contributed by atoms with E-state index in [2.05, 4.69) is 0 Å². The van der Waals surface area contributed by atoms with E-state index in [1.807, 2.05) is 0 Å². The van der Waals surface area contributed by atoms with Crippen LogP contribution in [-0.4, -0.2) is 60.3 Å². The first-order valence-electron chi connectivity index (χ1n) is 9.32. The molecule has 1 amide bonds. The Morgan fingerprint density at radius 1 is 1.07 bits per heavy atom. The third kappa shape index (κ3) is 2.61. The Kier molecular flexibility index (Phi) is 4.50. The van der Waals surface area contributed by atoms with Crippen LogP contribution < -0.4 is 0 Å². The summed E-state index contributed by atoms with van der Waals surface area (Å²) in [5, 5.41) is 10.1. The molecule has 3 aliphatic rings. The summed E-state index contributed by atoms with van der Waals surface area (Å²) >= 11 is 0. The molecule has 8 heteroatoms. The van der Waals surface area contributed by atoms with Gasteiger partial charge in [-0.2, -0.15) is 0 Å². The minimum atomic E-state index is -4.23. The van der Waals surface area contributed by atoms with Gasteiger partial charge in [0.15, 0.2) is 14.6 Å². The Balaban J connectivity index is 1.76. The number of aliphatic carboxylic acids is 1. The van der Waals surface area contributed by atoms with Crippen molar-refractivity contribution in [2.24, 2.45) is 5.92 Å². The molecule has 4 rings (SSSR count). The van der Waals surface area contributed by atoms with Gasteiger partial charge < -0.3 is 14.7 Å². The average Bonchev–Trinajstić information content (AvgIpc) is 3.22. The number of carbonyl (C=O) groups is 2. The molecule has 0 radical (unpaired) electrons. The van der Waals surface area contributed by atoms with Crippen molar-refractivity contribution in [3.63, 3.8) is 0 Å². The molecule has 0 unspecified atom stereocenters. The number of nitrogens with zero attached hydrogens (tertiary/aromatic N) is 1. The highest BCUT2D eigenvalue weighted by Gasteiger charge is 2.63. The second-order valence-electron chi connectivity index (χ2n) is 7.62. The van der Waals surface area contributed by atoms with E-state index >= 15 is 0 Å². The Labute approximate surface area is 158 Å². The van der Waals surface area contributed by atoms with Crippen LogP contribution in [0.1, 0.15) is 32.1 Å². The number of hydrogen-bond acceptors (Lipinski definition) is 5. The fraction of sp³-hybridized carbons (Fsp3) is 0.579. The number of amides is 1. The van der Waals surface area contributed by atoms with Crippen molar-refractivity contribution in [1.29, 1.82) is 0 Å². The molecule has 2 aliphatic heterocycles. The van der Waals surface area contributed by atoms with Crippen LogP contribution >= 0.6 is 0 Å². The second kappa shape index (κ2) is 6.60. The van der Waals surface area contributed by atoms with Crippen molar-refractivity contribution >= 4 is 21.7 Å². The monoisotopic (exact) mass is 393 g/mol. The van der Waals surface area contributed by atoms with Crippen molar-refractivity contribution < 1.29 is 27.9 Å². The normalized spacial score (nSPS) is 33.2. The Hall–Kier alpha value is -1.93. The Morgan fingerprint density at radius 3 is 2.30 bits per heavy atom. The number of benzene rings is 1. The fourth-order valence-corrected chi connectivity index (χ4v) is 7.14. The summed E-state index contributed by atoms with van der Waals surface area (Å²) in [6.45, 7) is 0.862. The zero-order valence-electron chi connectivity index (χ0n) is 14.9. The number of carboxylic acid groups (broad SMARTS) is 1. The van der Waals surface area contributed by atoms with Crippen molar-refractivity contribution in [3.8, 4) is 0 Å². The van der Waals surface area contributed by atoms with Crippen molar-refractivity contribution in [2.75, 3.05) is 13.2 Å². The number of morpholine rings is 1. The van der Waals surface area contributed by atoms with E-state index in [4.69, 9.17) is 4.74 Å². The predicted molar refractivity (Wildman–Crippen MR) is 95.8 cm³/mol. The van der Waals surface area contributed by atoms with E-state index in [0.717, 1.165) is 12.8 Å². The highest BCUT2D eigenvalue weighted by molar-refractivity contribution is 7.93. The zero-order chi connectivity index (χ0) is 19.2. The van der Waals surface area contributed by atoms with Crippen LogP contribution in [0.2, 0.25) is 0 Å². The lowest BCUT2D eigenvalue weighted by molar-refractivity contribution is -0.152. The van der Waals surface area contributed by atoms with Crippen LogP contribution in [0.4, 0.5) is 0 Å². The summed E-state index contributed by atoms with van der Waals surface area (Å²) in [6.07, 6.45) is 2.25. The van der Waals surface area contributed by atoms with Gasteiger partial charge >= 0.3 is 5.97 Å². The van der Waals surface area contributed by atoms with Gasteiger partial charge in [0, 0.05) is 0 Å². The maximum Gasteiger partial charge on any atom is 0.326 e. The molecule has 2 heterocycles. The number of carbonyl (C=O) groups excluding carboxylic acids is 1. The van der Waals surface area contributed by atoms with Gasteiger partial charge in [0.1, 0.15) is 0 Å². The molecule has 4 atom stereocenters. The first kappa shape index (κ1) is 18.4. The van der Waals surface area contributed by atoms with Gasteiger partial charge in [-0.15, -0.1) is 0 Å². The molecule has 2 bridgehead atoms. The molecule has 0 aromatic heterocycles. The van der Waals surface area contributed by atoms with E-state index in [1.54, 1.807) is 23.1 Å². The number of sulfone groups is 1. The first-order valence-corrected chi connectivity index (χ1v) is 10.8. The van der Waals surface area contributed by atoms with Crippen LogP contribution in [0.3, 0.4) is 0 Å². The topological polar surface area (TPSA) is 101 Å². The third-order valence-corrected chi connectivity index (χ3v) is 8.81. The number of hydrogen-bond donors (Lipinski definition) is 1. The molecule has 146 valence electrons. The lowest BCUT2D eigenvalue weighted by Crippen LogP contribution is -2.58. The van der Waals surface area contributed by atoms with E-state index in [1.165, 1.54) is 12.1 Å². The molecule has 3 fully saturated rings. The van der Waals surface area contributed by atoms with Crippen LogP contribution in [0.15, 0.2) is 35.2 Å². The number of rotatable bonds is 4. The summed E-state index contributed by atoms with van der Waals surface area (Å²) in [4.78, 5) is 27.4. The van der Waals surface area contributed by atoms with Crippen molar-refractivity contribution in [3.05, 3.63) is 30.3 Å². The van der Waals surface area contributed by atoms with Gasteiger partial charge in [-0.1, -0.05) is 24.6 Å². The standard InChI is InChI=1S/C19H23NO6S/c21-17(20-13-8-9-14(20)12-26-11-13)16-7-4-10-19(16,18(22)23)27(24,25)15-5-2-1-3-6-15/h1-3,5-6,13-14,16H,4,7-12H2,(H,22,23)/t13-,14+,16-,19-/m1/s1. The van der Waals surface area contributed by atoms with Gasteiger partial charge in [-0.25, -0.2) is 8.42 Å². The maximum absolute atomic E-state index is 13.4. The SMILES string of the molecule is O=C([C@H]1CCC[C@@]1(C(=O)O)S(=O)(=O)c1ccccc1)N1[C@@H]2CC[C@H]1COC2. The number of fused-ring (bicyclic) bond motifs is 2. The summed E-state index contributed by atoms with van der Waals surface area (Å²) in [6, 6.07) is 7.45. The van der Waals surface area contributed by atoms with Crippen LogP contribution in [0.25, 0.3) is 0 Å². The molecule has 27 heavy (non-hydrogen) atoms.